The van der Waals surface area contributed by atoms with Crippen LogP contribution < -0.4 is 5.32 Å². The summed E-state index contributed by atoms with van der Waals surface area (Å²) in [5, 5.41) is 3.04. The second-order valence-electron chi connectivity index (χ2n) is 5.11. The van der Waals surface area contributed by atoms with Crippen LogP contribution in [0.4, 0.5) is 13.2 Å². The van der Waals surface area contributed by atoms with Crippen LogP contribution in [0, 0.1) is 31.3 Å². The van der Waals surface area contributed by atoms with E-state index in [1.807, 2.05) is 13.0 Å². The summed E-state index contributed by atoms with van der Waals surface area (Å²) in [6.45, 7) is 5.91. The molecule has 21 heavy (non-hydrogen) atoms. The Morgan fingerprint density at radius 1 is 1.05 bits per heavy atom. The van der Waals surface area contributed by atoms with Crippen LogP contribution >= 0.6 is 0 Å². The number of hydrogen-bond donors (Lipinski definition) is 1. The van der Waals surface area contributed by atoms with Gasteiger partial charge in [0, 0.05) is 11.1 Å². The van der Waals surface area contributed by atoms with E-state index in [1.54, 1.807) is 13.8 Å². The molecule has 0 amide bonds. The van der Waals surface area contributed by atoms with Crippen molar-refractivity contribution in [2.45, 2.75) is 26.8 Å². The molecule has 2 aromatic carbocycles. The Kier molecular flexibility index (Phi) is 4.68. The molecule has 0 radical (unpaired) electrons. The number of rotatable bonds is 4. The van der Waals surface area contributed by atoms with Gasteiger partial charge in [-0.3, -0.25) is 0 Å². The Morgan fingerprint density at radius 2 is 1.76 bits per heavy atom. The van der Waals surface area contributed by atoms with Crippen molar-refractivity contribution in [2.75, 3.05) is 6.54 Å². The molecule has 0 saturated heterocycles. The molecule has 0 saturated carbocycles. The number of hydrogen-bond acceptors (Lipinski definition) is 1. The summed E-state index contributed by atoms with van der Waals surface area (Å²) in [4.78, 5) is 0. The van der Waals surface area contributed by atoms with Crippen molar-refractivity contribution in [3.63, 3.8) is 0 Å². The first-order valence-electron chi connectivity index (χ1n) is 6.89. The lowest BCUT2D eigenvalue weighted by Gasteiger charge is -2.22. The van der Waals surface area contributed by atoms with Crippen LogP contribution in [-0.2, 0) is 0 Å². The van der Waals surface area contributed by atoms with E-state index in [9.17, 15) is 13.2 Å². The van der Waals surface area contributed by atoms with Crippen molar-refractivity contribution in [3.8, 4) is 0 Å². The van der Waals surface area contributed by atoms with E-state index in [4.69, 9.17) is 0 Å². The van der Waals surface area contributed by atoms with Crippen molar-refractivity contribution >= 4 is 0 Å². The van der Waals surface area contributed by atoms with Crippen LogP contribution in [-0.4, -0.2) is 6.54 Å². The average molecular weight is 293 g/mol. The summed E-state index contributed by atoms with van der Waals surface area (Å²) >= 11 is 0. The molecule has 1 unspecified atom stereocenters. The van der Waals surface area contributed by atoms with E-state index in [-0.39, 0.29) is 5.56 Å². The molecule has 0 aliphatic rings. The van der Waals surface area contributed by atoms with Gasteiger partial charge < -0.3 is 5.32 Å². The molecular formula is C17H18F3N. The van der Waals surface area contributed by atoms with Crippen LogP contribution in [0.1, 0.15) is 35.2 Å². The number of aryl methyl sites for hydroxylation is 2. The molecule has 0 heterocycles. The highest BCUT2D eigenvalue weighted by atomic mass is 19.2. The SMILES string of the molecule is CCNC(c1cccc(F)c1F)c1c(C)cc(C)cc1F. The quantitative estimate of drug-likeness (QED) is 0.880. The lowest BCUT2D eigenvalue weighted by atomic mass is 9.92. The monoisotopic (exact) mass is 293 g/mol. The van der Waals surface area contributed by atoms with Gasteiger partial charge in [0.25, 0.3) is 0 Å². The van der Waals surface area contributed by atoms with Crippen LogP contribution in [0.15, 0.2) is 30.3 Å². The Labute approximate surface area is 122 Å². The Balaban J connectivity index is 2.62. The number of halogens is 3. The summed E-state index contributed by atoms with van der Waals surface area (Å²) in [5.41, 5.74) is 1.97. The summed E-state index contributed by atoms with van der Waals surface area (Å²) in [6.07, 6.45) is 0. The molecule has 0 aliphatic carbocycles. The van der Waals surface area contributed by atoms with Crippen molar-refractivity contribution in [1.29, 1.82) is 0 Å². The molecule has 2 rings (SSSR count). The van der Waals surface area contributed by atoms with Crippen molar-refractivity contribution in [3.05, 3.63) is 70.0 Å². The molecule has 0 aliphatic heterocycles. The second-order valence-corrected chi connectivity index (χ2v) is 5.11. The van der Waals surface area contributed by atoms with Crippen molar-refractivity contribution < 1.29 is 13.2 Å². The summed E-state index contributed by atoms with van der Waals surface area (Å²) in [7, 11) is 0. The molecule has 0 spiro atoms. The Hall–Kier alpha value is -1.81. The summed E-state index contributed by atoms with van der Waals surface area (Å²) in [6, 6.07) is 6.49. The highest BCUT2D eigenvalue weighted by molar-refractivity contribution is 5.40. The van der Waals surface area contributed by atoms with Crippen molar-refractivity contribution in [2.24, 2.45) is 0 Å². The predicted octanol–water partition coefficient (Wildman–Crippen LogP) is 4.42. The lowest BCUT2D eigenvalue weighted by Crippen LogP contribution is -2.25. The third kappa shape index (κ3) is 3.10. The van der Waals surface area contributed by atoms with Gasteiger partial charge in [-0.15, -0.1) is 0 Å². The molecule has 2 aromatic rings. The van der Waals surface area contributed by atoms with E-state index in [0.717, 1.165) is 11.6 Å². The smallest absolute Gasteiger partial charge is 0.163 e. The van der Waals surface area contributed by atoms with Gasteiger partial charge >= 0.3 is 0 Å². The molecule has 1 N–H and O–H groups in total. The van der Waals surface area contributed by atoms with Gasteiger partial charge in [-0.25, -0.2) is 13.2 Å². The molecule has 1 atom stereocenters. The van der Waals surface area contributed by atoms with E-state index < -0.39 is 23.5 Å². The van der Waals surface area contributed by atoms with Gasteiger partial charge in [-0.2, -0.15) is 0 Å². The summed E-state index contributed by atoms with van der Waals surface area (Å²) < 4.78 is 41.9. The zero-order valence-electron chi connectivity index (χ0n) is 12.3. The zero-order valence-corrected chi connectivity index (χ0v) is 12.3. The molecule has 1 nitrogen and oxygen atoms in total. The van der Waals surface area contributed by atoms with Crippen molar-refractivity contribution in [1.82, 2.24) is 5.32 Å². The normalized spacial score (nSPS) is 12.5. The minimum Gasteiger partial charge on any atom is -0.306 e. The van der Waals surface area contributed by atoms with Gasteiger partial charge in [-0.05, 0) is 43.7 Å². The Bertz CT molecular complexity index is 629. The lowest BCUT2D eigenvalue weighted by molar-refractivity contribution is 0.476. The number of benzene rings is 2. The first-order chi connectivity index (χ1) is 9.95. The maximum atomic E-state index is 14.3. The topological polar surface area (TPSA) is 12.0 Å². The van der Waals surface area contributed by atoms with E-state index in [1.165, 1.54) is 18.2 Å². The fourth-order valence-corrected chi connectivity index (χ4v) is 2.61. The highest BCUT2D eigenvalue weighted by Crippen LogP contribution is 2.30. The van der Waals surface area contributed by atoms with Crippen LogP contribution in [0.2, 0.25) is 0 Å². The van der Waals surface area contributed by atoms with Crippen LogP contribution in [0.3, 0.4) is 0 Å². The fourth-order valence-electron chi connectivity index (χ4n) is 2.61. The predicted molar refractivity (Wildman–Crippen MR) is 77.8 cm³/mol. The molecule has 0 aromatic heterocycles. The third-order valence-electron chi connectivity index (χ3n) is 3.47. The molecular weight excluding hydrogens is 275 g/mol. The van der Waals surface area contributed by atoms with E-state index >= 15 is 0 Å². The van der Waals surface area contributed by atoms with Gasteiger partial charge in [0.1, 0.15) is 5.82 Å². The van der Waals surface area contributed by atoms with E-state index in [2.05, 4.69) is 5.32 Å². The zero-order chi connectivity index (χ0) is 15.6. The summed E-state index contributed by atoms with van der Waals surface area (Å²) in [5.74, 6) is -2.29. The van der Waals surface area contributed by atoms with Gasteiger partial charge in [0.15, 0.2) is 11.6 Å². The number of nitrogens with one attached hydrogen (secondary N) is 1. The third-order valence-corrected chi connectivity index (χ3v) is 3.47. The Morgan fingerprint density at radius 3 is 2.38 bits per heavy atom. The standard InChI is InChI=1S/C17H18F3N/c1-4-21-17(12-6-5-7-13(18)16(12)20)15-11(3)8-10(2)9-14(15)19/h5-9,17,21H,4H2,1-3H3. The van der Waals surface area contributed by atoms with Gasteiger partial charge in [0.2, 0.25) is 0 Å². The largest absolute Gasteiger partial charge is 0.306 e. The minimum atomic E-state index is -0.942. The van der Waals surface area contributed by atoms with Crippen LogP contribution in [0.5, 0.6) is 0 Å². The minimum absolute atomic E-state index is 0.114. The van der Waals surface area contributed by atoms with Crippen LogP contribution in [0.25, 0.3) is 0 Å². The molecule has 0 fully saturated rings. The maximum Gasteiger partial charge on any atom is 0.163 e. The second kappa shape index (κ2) is 6.31. The maximum absolute atomic E-state index is 14.3. The molecule has 0 bridgehead atoms. The average Bonchev–Trinajstić information content (AvgIpc) is 2.40. The molecule has 112 valence electrons. The highest BCUT2D eigenvalue weighted by Gasteiger charge is 2.23. The van der Waals surface area contributed by atoms with Gasteiger partial charge in [-0.1, -0.05) is 25.1 Å². The first-order valence-corrected chi connectivity index (χ1v) is 6.89. The van der Waals surface area contributed by atoms with E-state index in [0.29, 0.717) is 17.7 Å². The van der Waals surface area contributed by atoms with Gasteiger partial charge in [0.05, 0.1) is 6.04 Å². The molecule has 4 heteroatoms. The fraction of sp³-hybridized carbons (Fsp3) is 0.294. The first kappa shape index (κ1) is 15.6.